The Morgan fingerprint density at radius 1 is 0.208 bits per heavy atom. The standard InChI is InChI=1S/C18F15Ge.C18H15Ge/c19-1-4(22)10(28)16(11(29)5(1)23)34(17-12(30)6(24)2(20)7(25)13(17)31)18-14(32)8(26)3(21)9(27)15(18)33;1-4-10-16(11-5-1)19(17-12-6-2-7-13-17)18-14-8-3-9-15-18/h;1-15H. The van der Waals surface area contributed by atoms with E-state index in [1.807, 2.05) is 0 Å². The van der Waals surface area contributed by atoms with Crippen molar-refractivity contribution in [2.45, 2.75) is 0 Å². The molecule has 0 aromatic heterocycles. The van der Waals surface area contributed by atoms with Crippen LogP contribution in [0.1, 0.15) is 0 Å². The summed E-state index contributed by atoms with van der Waals surface area (Å²) in [4.78, 5) is 0. The monoisotopic (exact) mass is 880 g/mol. The van der Waals surface area contributed by atoms with Gasteiger partial charge in [0, 0.05) is 0 Å². The van der Waals surface area contributed by atoms with Gasteiger partial charge in [-0.15, -0.1) is 0 Å². The van der Waals surface area contributed by atoms with Gasteiger partial charge in [0.1, 0.15) is 0 Å². The Labute approximate surface area is 298 Å². The van der Waals surface area contributed by atoms with Gasteiger partial charge in [0.25, 0.3) is 0 Å². The van der Waals surface area contributed by atoms with Gasteiger partial charge in [0.2, 0.25) is 0 Å². The molecule has 0 unspecified atom stereocenters. The molecule has 53 heavy (non-hydrogen) atoms. The summed E-state index contributed by atoms with van der Waals surface area (Å²) in [5.41, 5.74) is 0. The summed E-state index contributed by atoms with van der Waals surface area (Å²) in [6.07, 6.45) is 0. The number of halogens is 15. The van der Waals surface area contributed by atoms with E-state index in [0.29, 0.717) is 0 Å². The Bertz CT molecular complexity index is 1960. The van der Waals surface area contributed by atoms with Crippen LogP contribution in [0.25, 0.3) is 0 Å². The fraction of sp³-hybridized carbons (Fsp3) is 0. The third-order valence-electron chi connectivity index (χ3n) is 7.57. The molecule has 6 aromatic carbocycles. The Morgan fingerprint density at radius 3 is 0.566 bits per heavy atom. The van der Waals surface area contributed by atoms with E-state index in [9.17, 15) is 65.9 Å². The molecule has 0 atom stereocenters. The molecule has 0 spiro atoms. The summed E-state index contributed by atoms with van der Waals surface area (Å²) >= 11 is -8.00. The summed E-state index contributed by atoms with van der Waals surface area (Å²) in [5, 5.41) is 0. The summed E-state index contributed by atoms with van der Waals surface area (Å²) in [6, 6.07) is 32.8. The van der Waals surface area contributed by atoms with E-state index in [2.05, 4.69) is 91.0 Å². The van der Waals surface area contributed by atoms with E-state index in [0.717, 1.165) is 0 Å². The molecule has 272 valence electrons. The first kappa shape index (κ1) is 39.6. The van der Waals surface area contributed by atoms with Crippen molar-refractivity contribution in [3.8, 4) is 0 Å². The van der Waals surface area contributed by atoms with E-state index < -0.39 is 129 Å². The number of hydrogen-bond acceptors (Lipinski definition) is 0. The SMILES string of the molecule is Fc1c(F)c(F)[c]([Ge]([c]2c(F)c(F)c(F)c(F)c2F)[c]2c(F)c(F)c(F)c(F)c2F)c(F)c1F.c1cc[c]([Ge]([c]2ccccc2)[c]2ccccc2)cc1. The van der Waals surface area contributed by atoms with Crippen molar-refractivity contribution in [3.63, 3.8) is 0 Å². The van der Waals surface area contributed by atoms with Gasteiger partial charge in [-0.2, -0.15) is 0 Å². The van der Waals surface area contributed by atoms with Crippen LogP contribution in [-0.4, -0.2) is 28.7 Å². The van der Waals surface area contributed by atoms with Gasteiger partial charge in [0.15, 0.2) is 0 Å². The molecule has 0 aliphatic carbocycles. The van der Waals surface area contributed by atoms with Crippen LogP contribution >= 0.6 is 0 Å². The first-order valence-electron chi connectivity index (χ1n) is 14.6. The van der Waals surface area contributed by atoms with Gasteiger partial charge in [-0.25, -0.2) is 0 Å². The molecule has 0 heterocycles. The predicted molar refractivity (Wildman–Crippen MR) is 167 cm³/mol. The zero-order valence-corrected chi connectivity index (χ0v) is 30.0. The minimum absolute atomic E-state index is 1.50. The number of rotatable bonds is 6. The fourth-order valence-corrected chi connectivity index (χ4v) is 16.3. The third kappa shape index (κ3) is 7.32. The molecule has 6 rings (SSSR count). The second-order valence-corrected chi connectivity index (χ2v) is 20.6. The zero-order chi connectivity index (χ0) is 38.9. The third-order valence-corrected chi connectivity index (χ3v) is 19.2. The average Bonchev–Trinajstić information content (AvgIpc) is 3.18. The van der Waals surface area contributed by atoms with Crippen LogP contribution in [0.15, 0.2) is 91.0 Å². The molecule has 0 saturated heterocycles. The predicted octanol–water partition coefficient (Wildman–Crippen LogP) is 6.49. The summed E-state index contributed by atoms with van der Waals surface area (Å²) in [5.74, 6) is -44.5. The van der Waals surface area contributed by atoms with Gasteiger partial charge in [0.05, 0.1) is 0 Å². The average molecular weight is 878 g/mol. The van der Waals surface area contributed by atoms with E-state index in [1.54, 1.807) is 0 Å². The van der Waals surface area contributed by atoms with Crippen LogP contribution in [-0.2, 0) is 0 Å². The van der Waals surface area contributed by atoms with Crippen molar-refractivity contribution < 1.29 is 65.9 Å². The molecule has 0 aliphatic heterocycles. The van der Waals surface area contributed by atoms with Crippen LogP contribution in [0.3, 0.4) is 0 Å². The van der Waals surface area contributed by atoms with Crippen molar-refractivity contribution in [1.29, 1.82) is 0 Å². The van der Waals surface area contributed by atoms with Gasteiger partial charge >= 0.3 is 299 Å². The van der Waals surface area contributed by atoms with Gasteiger partial charge in [-0.05, 0) is 0 Å². The van der Waals surface area contributed by atoms with Gasteiger partial charge in [-0.3, -0.25) is 0 Å². The number of hydrogen-bond donors (Lipinski definition) is 0. The maximum absolute atomic E-state index is 14.4. The summed E-state index contributed by atoms with van der Waals surface area (Å²) < 4.78 is 206. The van der Waals surface area contributed by atoms with Crippen LogP contribution < -0.4 is 26.4 Å². The van der Waals surface area contributed by atoms with Crippen LogP contribution in [0, 0.1) is 87.3 Å². The van der Waals surface area contributed by atoms with Crippen molar-refractivity contribution in [3.05, 3.63) is 178 Å². The second-order valence-electron chi connectivity index (χ2n) is 10.7. The zero-order valence-electron chi connectivity index (χ0n) is 25.8. The van der Waals surface area contributed by atoms with Crippen LogP contribution in [0.5, 0.6) is 0 Å². The van der Waals surface area contributed by atoms with E-state index in [4.69, 9.17) is 0 Å². The minimum atomic E-state index is -6.37. The Balaban J connectivity index is 0.000000239. The molecule has 0 nitrogen and oxygen atoms in total. The molecule has 2 radical (unpaired) electrons. The first-order chi connectivity index (χ1) is 25.1. The summed E-state index contributed by atoms with van der Waals surface area (Å²) in [6.45, 7) is 0. The molecule has 0 N–H and O–H groups in total. The first-order valence-corrected chi connectivity index (χ1v) is 20.9. The quantitative estimate of drug-likeness (QED) is 0.0778. The Morgan fingerprint density at radius 2 is 0.377 bits per heavy atom. The molecule has 17 heteroatoms. The van der Waals surface area contributed by atoms with E-state index in [-0.39, 0.29) is 0 Å². The van der Waals surface area contributed by atoms with Crippen molar-refractivity contribution in [1.82, 2.24) is 0 Å². The van der Waals surface area contributed by atoms with Crippen molar-refractivity contribution >= 4 is 55.1 Å². The molecule has 0 amide bonds. The second kappa shape index (κ2) is 16.2. The van der Waals surface area contributed by atoms with Crippen LogP contribution in [0.2, 0.25) is 0 Å². The molecular weight excluding hydrogens is 863 g/mol. The molecule has 0 aliphatic rings. The van der Waals surface area contributed by atoms with Gasteiger partial charge < -0.3 is 0 Å². The molecule has 6 aromatic rings. The topological polar surface area (TPSA) is 0 Å². The van der Waals surface area contributed by atoms with Crippen LogP contribution in [0.4, 0.5) is 65.9 Å². The fourth-order valence-electron chi connectivity index (χ4n) is 5.16. The van der Waals surface area contributed by atoms with Crippen molar-refractivity contribution in [2.24, 2.45) is 0 Å². The molecule has 0 fully saturated rings. The Kier molecular flexibility index (Phi) is 12.1. The maximum atomic E-state index is 14.4. The van der Waals surface area contributed by atoms with Crippen molar-refractivity contribution in [2.75, 3.05) is 0 Å². The van der Waals surface area contributed by atoms with E-state index in [1.165, 1.54) is 13.2 Å². The number of benzene rings is 6. The molecule has 0 bridgehead atoms. The van der Waals surface area contributed by atoms with E-state index >= 15 is 0 Å². The molecular formula is C36H15F15Ge2. The molecule has 0 saturated carbocycles. The summed E-state index contributed by atoms with van der Waals surface area (Å²) in [7, 11) is 0. The normalized spacial score (nSPS) is 11.3. The van der Waals surface area contributed by atoms with Gasteiger partial charge in [-0.1, -0.05) is 0 Å². The Hall–Kier alpha value is -4.64.